The highest BCUT2D eigenvalue weighted by Gasteiger charge is 2.12. The second-order valence-electron chi connectivity index (χ2n) is 7.51. The minimum atomic E-state index is -0.393. The molecular formula is C23H36O4. The quantitative estimate of drug-likeness (QED) is 0.287. The van der Waals surface area contributed by atoms with Gasteiger partial charge in [0.1, 0.15) is 0 Å². The van der Waals surface area contributed by atoms with Gasteiger partial charge in [-0.1, -0.05) is 71.8 Å². The lowest BCUT2D eigenvalue weighted by molar-refractivity contribution is 0.0497. The minimum Gasteiger partial charge on any atom is -0.462 e. The molecule has 4 nitrogen and oxygen atoms in total. The topological polar surface area (TPSA) is 52.6 Å². The largest absolute Gasteiger partial charge is 0.462 e. The number of rotatable bonds is 14. The van der Waals surface area contributed by atoms with E-state index in [1.165, 1.54) is 32.1 Å². The highest BCUT2D eigenvalue weighted by Crippen LogP contribution is 2.12. The van der Waals surface area contributed by atoms with Crippen LogP contribution in [0.1, 0.15) is 99.3 Å². The maximum Gasteiger partial charge on any atom is 0.338 e. The van der Waals surface area contributed by atoms with Crippen LogP contribution in [0, 0.1) is 5.92 Å². The van der Waals surface area contributed by atoms with Crippen LogP contribution >= 0.6 is 0 Å². The van der Waals surface area contributed by atoms with Crippen LogP contribution in [-0.2, 0) is 9.47 Å². The molecule has 0 aromatic heterocycles. The van der Waals surface area contributed by atoms with E-state index in [1.807, 2.05) is 6.92 Å². The zero-order valence-corrected chi connectivity index (χ0v) is 17.3. The van der Waals surface area contributed by atoms with Crippen molar-refractivity contribution < 1.29 is 19.1 Å². The fraction of sp³-hybridized carbons (Fsp3) is 0.652. The van der Waals surface area contributed by atoms with Gasteiger partial charge in [-0.25, -0.2) is 9.59 Å². The Morgan fingerprint density at radius 3 is 1.89 bits per heavy atom. The summed E-state index contributed by atoms with van der Waals surface area (Å²) in [6.07, 6.45) is 10.1. The molecule has 0 saturated carbocycles. The van der Waals surface area contributed by atoms with Crippen molar-refractivity contribution in [2.24, 2.45) is 5.92 Å². The Labute approximate surface area is 164 Å². The van der Waals surface area contributed by atoms with Crippen molar-refractivity contribution in [3.8, 4) is 0 Å². The highest BCUT2D eigenvalue weighted by molar-refractivity contribution is 5.95. The van der Waals surface area contributed by atoms with Gasteiger partial charge in [0.05, 0.1) is 24.3 Å². The van der Waals surface area contributed by atoms with E-state index in [0.29, 0.717) is 24.3 Å². The van der Waals surface area contributed by atoms with Crippen LogP contribution in [0.15, 0.2) is 24.3 Å². The summed E-state index contributed by atoms with van der Waals surface area (Å²) in [7, 11) is 0. The Hall–Kier alpha value is -1.84. The summed E-state index contributed by atoms with van der Waals surface area (Å²) < 4.78 is 10.5. The van der Waals surface area contributed by atoms with Gasteiger partial charge in [0.2, 0.25) is 0 Å². The second-order valence-corrected chi connectivity index (χ2v) is 7.51. The number of ether oxygens (including phenoxy) is 2. The summed E-state index contributed by atoms with van der Waals surface area (Å²) >= 11 is 0. The van der Waals surface area contributed by atoms with Gasteiger partial charge >= 0.3 is 11.9 Å². The number of hydrogen-bond donors (Lipinski definition) is 0. The van der Waals surface area contributed by atoms with Crippen LogP contribution in [0.4, 0.5) is 0 Å². The summed E-state index contributed by atoms with van der Waals surface area (Å²) in [4.78, 5) is 24.1. The predicted octanol–water partition coefficient (Wildman–Crippen LogP) is 6.19. The van der Waals surface area contributed by atoms with E-state index in [1.54, 1.807) is 24.3 Å². The third kappa shape index (κ3) is 10.8. The third-order valence-corrected chi connectivity index (χ3v) is 4.47. The molecule has 0 N–H and O–H groups in total. The van der Waals surface area contributed by atoms with Gasteiger partial charge < -0.3 is 9.47 Å². The second kappa shape index (κ2) is 14.2. The molecule has 0 radical (unpaired) electrons. The Balaban J connectivity index is 2.23. The normalized spacial score (nSPS) is 10.8. The van der Waals surface area contributed by atoms with Crippen molar-refractivity contribution >= 4 is 11.9 Å². The number of hydrogen-bond acceptors (Lipinski definition) is 4. The van der Waals surface area contributed by atoms with Crippen molar-refractivity contribution in [1.29, 1.82) is 0 Å². The molecule has 1 aromatic rings. The average molecular weight is 377 g/mol. The van der Waals surface area contributed by atoms with Crippen LogP contribution in [-0.4, -0.2) is 25.2 Å². The van der Waals surface area contributed by atoms with Gasteiger partial charge in [0.15, 0.2) is 0 Å². The van der Waals surface area contributed by atoms with Crippen LogP contribution in [0.3, 0.4) is 0 Å². The standard InChI is InChI=1S/C23H36O4/c1-4-5-16-26-22(24)20-14-12-15-21(18-20)23(25)27-17-11-9-7-6-8-10-13-19(2)3/h12,14-15,18-19H,4-11,13,16-17H2,1-3H3. The van der Waals surface area contributed by atoms with Gasteiger partial charge in [-0.2, -0.15) is 0 Å². The van der Waals surface area contributed by atoms with Gasteiger partial charge in [0.25, 0.3) is 0 Å². The molecule has 1 rings (SSSR count). The first-order chi connectivity index (χ1) is 13.0. The Bertz CT molecular complexity index is 551. The fourth-order valence-electron chi connectivity index (χ4n) is 2.78. The maximum atomic E-state index is 12.1. The van der Waals surface area contributed by atoms with Crippen LogP contribution in [0.2, 0.25) is 0 Å². The predicted molar refractivity (Wildman–Crippen MR) is 109 cm³/mol. The SMILES string of the molecule is CCCCOC(=O)c1cccc(C(=O)OCCCCCCCCC(C)C)c1. The first-order valence-corrected chi connectivity index (χ1v) is 10.5. The van der Waals surface area contributed by atoms with E-state index in [-0.39, 0.29) is 5.97 Å². The zero-order chi connectivity index (χ0) is 19.9. The number of unbranched alkanes of at least 4 members (excludes halogenated alkanes) is 6. The van der Waals surface area contributed by atoms with Crippen molar-refractivity contribution in [3.63, 3.8) is 0 Å². The average Bonchev–Trinajstić information content (AvgIpc) is 2.66. The molecule has 0 aliphatic carbocycles. The lowest BCUT2D eigenvalue weighted by atomic mass is 10.0. The smallest absolute Gasteiger partial charge is 0.338 e. The first-order valence-electron chi connectivity index (χ1n) is 10.5. The summed E-state index contributed by atoms with van der Waals surface area (Å²) in [5.74, 6) is 0.0202. The molecular weight excluding hydrogens is 340 g/mol. The lowest BCUT2D eigenvalue weighted by Crippen LogP contribution is -2.10. The molecule has 0 atom stereocenters. The van der Waals surface area contributed by atoms with E-state index in [4.69, 9.17) is 9.47 Å². The van der Waals surface area contributed by atoms with E-state index >= 15 is 0 Å². The highest BCUT2D eigenvalue weighted by atomic mass is 16.5. The van der Waals surface area contributed by atoms with Crippen molar-refractivity contribution in [2.75, 3.05) is 13.2 Å². The van der Waals surface area contributed by atoms with Gasteiger partial charge in [-0.05, 0) is 37.0 Å². The molecule has 1 aromatic carbocycles. The van der Waals surface area contributed by atoms with Gasteiger partial charge in [-0.3, -0.25) is 0 Å². The third-order valence-electron chi connectivity index (χ3n) is 4.47. The number of carbonyl (C=O) groups is 2. The number of carbonyl (C=O) groups excluding carboxylic acids is 2. The minimum absolute atomic E-state index is 0.379. The molecule has 0 unspecified atom stereocenters. The van der Waals surface area contributed by atoms with Crippen LogP contribution in [0.5, 0.6) is 0 Å². The Kier molecular flexibility index (Phi) is 12.2. The molecule has 0 saturated heterocycles. The summed E-state index contributed by atoms with van der Waals surface area (Å²) in [5, 5.41) is 0. The molecule has 0 spiro atoms. The molecule has 0 fully saturated rings. The summed E-state index contributed by atoms with van der Waals surface area (Å²) in [6.45, 7) is 7.40. The molecule has 0 heterocycles. The molecule has 4 heteroatoms. The molecule has 152 valence electrons. The molecule has 0 bridgehead atoms. The van der Waals surface area contributed by atoms with E-state index in [9.17, 15) is 9.59 Å². The van der Waals surface area contributed by atoms with Crippen LogP contribution < -0.4 is 0 Å². The lowest BCUT2D eigenvalue weighted by Gasteiger charge is -2.07. The molecule has 0 aliphatic heterocycles. The first kappa shape index (κ1) is 23.2. The zero-order valence-electron chi connectivity index (χ0n) is 17.3. The Morgan fingerprint density at radius 2 is 1.33 bits per heavy atom. The van der Waals surface area contributed by atoms with Gasteiger partial charge in [0, 0.05) is 0 Å². The fourth-order valence-corrected chi connectivity index (χ4v) is 2.78. The van der Waals surface area contributed by atoms with Crippen LogP contribution in [0.25, 0.3) is 0 Å². The number of esters is 2. The molecule has 27 heavy (non-hydrogen) atoms. The van der Waals surface area contributed by atoms with Crippen molar-refractivity contribution in [2.45, 2.75) is 78.6 Å². The number of benzene rings is 1. The maximum absolute atomic E-state index is 12.1. The summed E-state index contributed by atoms with van der Waals surface area (Å²) in [6, 6.07) is 6.56. The van der Waals surface area contributed by atoms with E-state index in [2.05, 4.69) is 13.8 Å². The summed E-state index contributed by atoms with van der Waals surface area (Å²) in [5.41, 5.74) is 0.788. The Morgan fingerprint density at radius 1 is 0.815 bits per heavy atom. The van der Waals surface area contributed by atoms with Crippen molar-refractivity contribution in [3.05, 3.63) is 35.4 Å². The molecule has 0 aliphatic rings. The van der Waals surface area contributed by atoms with E-state index < -0.39 is 5.97 Å². The molecule has 0 amide bonds. The monoisotopic (exact) mass is 376 g/mol. The van der Waals surface area contributed by atoms with Crippen molar-refractivity contribution in [1.82, 2.24) is 0 Å². The van der Waals surface area contributed by atoms with Gasteiger partial charge in [-0.15, -0.1) is 0 Å². The van der Waals surface area contributed by atoms with E-state index in [0.717, 1.165) is 31.6 Å².